The number of nitrogens with zero attached hydrogens (tertiary/aromatic N) is 1. The highest BCUT2D eigenvalue weighted by Gasteiger charge is 2.27. The molecule has 0 spiro atoms. The minimum Gasteiger partial charge on any atom is -0.384 e. The topological polar surface area (TPSA) is 15.3 Å². The Labute approximate surface area is 111 Å². The number of fused-ring (bicyclic) bond motifs is 1. The van der Waals surface area contributed by atoms with E-state index in [9.17, 15) is 13.2 Å². The molecular weight excluding hydrogens is 253 g/mol. The summed E-state index contributed by atoms with van der Waals surface area (Å²) in [6, 6.07) is 8.10. The zero-order valence-corrected chi connectivity index (χ0v) is 11.0. The fraction of sp³-hybridized carbons (Fsp3) is 0.571. The zero-order valence-electron chi connectivity index (χ0n) is 11.0. The van der Waals surface area contributed by atoms with Crippen LogP contribution in [-0.4, -0.2) is 37.8 Å². The lowest BCUT2D eigenvalue weighted by Crippen LogP contribution is -2.35. The van der Waals surface area contributed by atoms with Crippen LogP contribution in [0, 0.1) is 5.92 Å². The highest BCUT2D eigenvalue weighted by Crippen LogP contribution is 2.25. The van der Waals surface area contributed by atoms with E-state index in [1.54, 1.807) is 11.9 Å². The van der Waals surface area contributed by atoms with Crippen molar-refractivity contribution in [2.45, 2.75) is 19.0 Å². The summed E-state index contributed by atoms with van der Waals surface area (Å²) in [7, 11) is 1.76. The zero-order chi connectivity index (χ0) is 13.9. The summed E-state index contributed by atoms with van der Waals surface area (Å²) in [6.07, 6.45) is -3.87. The van der Waals surface area contributed by atoms with Gasteiger partial charge in [0, 0.05) is 25.3 Å². The fourth-order valence-electron chi connectivity index (χ4n) is 2.49. The van der Waals surface area contributed by atoms with Gasteiger partial charge in [-0.1, -0.05) is 18.2 Å². The van der Waals surface area contributed by atoms with Crippen molar-refractivity contribution in [1.29, 1.82) is 0 Å². The maximum atomic E-state index is 12.2. The molecule has 1 aliphatic rings. The first kappa shape index (κ1) is 14.2. The van der Waals surface area contributed by atoms with Crippen molar-refractivity contribution >= 4 is 5.69 Å². The van der Waals surface area contributed by atoms with Crippen LogP contribution in [0.25, 0.3) is 0 Å². The van der Waals surface area contributed by atoms with E-state index in [4.69, 9.17) is 0 Å². The summed E-state index contributed by atoms with van der Waals surface area (Å²) < 4.78 is 36.5. The monoisotopic (exact) mass is 272 g/mol. The molecular formula is C14H19F3N2. The van der Waals surface area contributed by atoms with Gasteiger partial charge in [-0.3, -0.25) is 0 Å². The van der Waals surface area contributed by atoms with E-state index >= 15 is 0 Å². The van der Waals surface area contributed by atoms with E-state index in [1.165, 1.54) is 5.56 Å². The first-order chi connectivity index (χ1) is 8.94. The third kappa shape index (κ3) is 4.42. The second-order valence-electron chi connectivity index (χ2n) is 5.24. The minimum atomic E-state index is -4.06. The molecule has 2 rings (SSSR count). The molecule has 0 saturated heterocycles. The van der Waals surface area contributed by atoms with Crippen LogP contribution in [0.1, 0.15) is 12.0 Å². The summed E-state index contributed by atoms with van der Waals surface area (Å²) in [5.74, 6) is 0.369. The molecule has 0 amide bonds. The van der Waals surface area contributed by atoms with Gasteiger partial charge in [0.25, 0.3) is 0 Å². The van der Waals surface area contributed by atoms with Gasteiger partial charge in [-0.15, -0.1) is 0 Å². The van der Waals surface area contributed by atoms with Crippen LogP contribution in [0.2, 0.25) is 0 Å². The minimum absolute atomic E-state index is 0.0711. The maximum absolute atomic E-state index is 12.2. The smallest absolute Gasteiger partial charge is 0.384 e. The highest BCUT2D eigenvalue weighted by molar-refractivity contribution is 5.53. The molecule has 1 N–H and O–H groups in total. The predicted molar refractivity (Wildman–Crippen MR) is 70.3 cm³/mol. The van der Waals surface area contributed by atoms with E-state index in [-0.39, 0.29) is 6.54 Å². The summed E-state index contributed by atoms with van der Waals surface area (Å²) >= 11 is 0. The first-order valence-electron chi connectivity index (χ1n) is 6.51. The Kier molecular flexibility index (Phi) is 4.34. The van der Waals surface area contributed by atoms with Gasteiger partial charge in [0.05, 0.1) is 6.42 Å². The summed E-state index contributed by atoms with van der Waals surface area (Å²) in [6.45, 7) is 1.59. The number of anilines is 1. The third-order valence-electron chi connectivity index (χ3n) is 3.45. The molecule has 0 aromatic heterocycles. The molecule has 1 aromatic carbocycles. The number of nitrogens with one attached hydrogen (secondary N) is 1. The van der Waals surface area contributed by atoms with Crippen LogP contribution >= 0.6 is 0 Å². The molecule has 1 aromatic rings. The van der Waals surface area contributed by atoms with Gasteiger partial charge in [0.2, 0.25) is 0 Å². The van der Waals surface area contributed by atoms with E-state index in [0.717, 1.165) is 18.7 Å². The van der Waals surface area contributed by atoms with Gasteiger partial charge >= 0.3 is 6.18 Å². The molecule has 1 atom stereocenters. The van der Waals surface area contributed by atoms with Crippen LogP contribution in [0.15, 0.2) is 24.3 Å². The standard InChI is InChI=1S/C14H19F3N2/c1-19(7-6-14(15,16)17)10-11-8-12-4-2-3-5-13(12)18-9-11/h2-5,11,18H,6-10H2,1H3. The SMILES string of the molecule is CN(CCC(F)(F)F)CC1CNc2ccccc2C1. The average Bonchev–Trinajstić information content (AvgIpc) is 2.35. The maximum Gasteiger partial charge on any atom is 0.390 e. The molecule has 2 nitrogen and oxygen atoms in total. The van der Waals surface area contributed by atoms with Gasteiger partial charge in [-0.25, -0.2) is 0 Å². The summed E-state index contributed by atoms with van der Waals surface area (Å²) in [5.41, 5.74) is 2.40. The van der Waals surface area contributed by atoms with Crippen LogP contribution in [-0.2, 0) is 6.42 Å². The molecule has 0 bridgehead atoms. The van der Waals surface area contributed by atoms with Gasteiger partial charge in [-0.2, -0.15) is 13.2 Å². The molecule has 19 heavy (non-hydrogen) atoms. The molecule has 1 heterocycles. The Morgan fingerprint density at radius 2 is 2.05 bits per heavy atom. The lowest BCUT2D eigenvalue weighted by Gasteiger charge is -2.29. The molecule has 0 fully saturated rings. The molecule has 0 radical (unpaired) electrons. The number of hydrogen-bond donors (Lipinski definition) is 1. The Bertz CT molecular complexity index is 417. The van der Waals surface area contributed by atoms with E-state index < -0.39 is 12.6 Å². The van der Waals surface area contributed by atoms with Gasteiger partial charge in [-0.05, 0) is 31.0 Å². The average molecular weight is 272 g/mol. The lowest BCUT2D eigenvalue weighted by molar-refractivity contribution is -0.137. The van der Waals surface area contributed by atoms with Gasteiger partial charge in [0.15, 0.2) is 0 Å². The first-order valence-corrected chi connectivity index (χ1v) is 6.51. The van der Waals surface area contributed by atoms with Crippen molar-refractivity contribution in [1.82, 2.24) is 4.90 Å². The number of hydrogen-bond acceptors (Lipinski definition) is 2. The van der Waals surface area contributed by atoms with E-state index in [1.807, 2.05) is 18.2 Å². The second kappa shape index (κ2) is 5.82. The van der Waals surface area contributed by atoms with Crippen molar-refractivity contribution in [3.8, 4) is 0 Å². The van der Waals surface area contributed by atoms with Crippen molar-refractivity contribution < 1.29 is 13.2 Å². The number of halogens is 3. The van der Waals surface area contributed by atoms with Crippen LogP contribution < -0.4 is 5.32 Å². The van der Waals surface area contributed by atoms with E-state index in [0.29, 0.717) is 12.5 Å². The lowest BCUT2D eigenvalue weighted by atomic mass is 9.93. The van der Waals surface area contributed by atoms with Crippen LogP contribution in [0.3, 0.4) is 0 Å². The number of benzene rings is 1. The molecule has 1 aliphatic heterocycles. The number of rotatable bonds is 4. The Balaban J connectivity index is 1.82. The second-order valence-corrected chi connectivity index (χ2v) is 5.24. The number of para-hydroxylation sites is 1. The normalized spacial score (nSPS) is 19.1. The molecule has 0 saturated carbocycles. The largest absolute Gasteiger partial charge is 0.390 e. The Morgan fingerprint density at radius 1 is 1.32 bits per heavy atom. The fourth-order valence-corrected chi connectivity index (χ4v) is 2.49. The van der Waals surface area contributed by atoms with Crippen molar-refractivity contribution in [3.63, 3.8) is 0 Å². The van der Waals surface area contributed by atoms with Crippen molar-refractivity contribution in [3.05, 3.63) is 29.8 Å². The number of alkyl halides is 3. The van der Waals surface area contributed by atoms with Gasteiger partial charge in [0.1, 0.15) is 0 Å². The highest BCUT2D eigenvalue weighted by atomic mass is 19.4. The van der Waals surface area contributed by atoms with Gasteiger partial charge < -0.3 is 10.2 Å². The predicted octanol–water partition coefficient (Wildman–Crippen LogP) is 3.16. The van der Waals surface area contributed by atoms with Crippen LogP contribution in [0.4, 0.5) is 18.9 Å². The van der Waals surface area contributed by atoms with Crippen molar-refractivity contribution in [2.24, 2.45) is 5.92 Å². The third-order valence-corrected chi connectivity index (χ3v) is 3.45. The quantitative estimate of drug-likeness (QED) is 0.905. The molecule has 5 heteroatoms. The summed E-state index contributed by atoms with van der Waals surface area (Å²) in [5, 5.41) is 3.34. The Hall–Kier alpha value is -1.23. The molecule has 0 aliphatic carbocycles. The molecule has 1 unspecified atom stereocenters. The Morgan fingerprint density at radius 3 is 2.79 bits per heavy atom. The summed E-state index contributed by atoms with van der Waals surface area (Å²) in [4.78, 5) is 1.77. The molecule has 106 valence electrons. The van der Waals surface area contributed by atoms with E-state index in [2.05, 4.69) is 11.4 Å². The van der Waals surface area contributed by atoms with Crippen LogP contribution in [0.5, 0.6) is 0 Å². The van der Waals surface area contributed by atoms with Crippen molar-refractivity contribution in [2.75, 3.05) is 32.0 Å².